The molecule has 2 heteroatoms. The van der Waals surface area contributed by atoms with Gasteiger partial charge in [-0.25, -0.2) is 0 Å². The molecule has 0 bridgehead atoms. The van der Waals surface area contributed by atoms with Crippen LogP contribution in [0.15, 0.2) is 18.2 Å². The second kappa shape index (κ2) is 5.16. The van der Waals surface area contributed by atoms with Crippen LogP contribution >= 0.6 is 11.6 Å². The van der Waals surface area contributed by atoms with Crippen molar-refractivity contribution in [1.29, 1.82) is 0 Å². The van der Waals surface area contributed by atoms with E-state index in [1.807, 2.05) is 6.07 Å². The van der Waals surface area contributed by atoms with Crippen LogP contribution < -0.4 is 0 Å². The molecule has 0 fully saturated rings. The van der Waals surface area contributed by atoms with Crippen molar-refractivity contribution in [2.24, 2.45) is 0 Å². The van der Waals surface area contributed by atoms with Gasteiger partial charge in [0, 0.05) is 6.42 Å². The second-order valence-electron chi connectivity index (χ2n) is 3.46. The van der Waals surface area contributed by atoms with Gasteiger partial charge in [-0.3, -0.25) is 4.79 Å². The standard InChI is InChI=1S/C12H15ClO/c1-3-11-5-4-10(6-9(11)2)7-12(14)8-13/h4-6H,3,7-8H2,1-2H3. The van der Waals surface area contributed by atoms with Crippen LogP contribution in [0.3, 0.4) is 0 Å². The Morgan fingerprint density at radius 2 is 2.14 bits per heavy atom. The molecule has 1 aromatic carbocycles. The Kier molecular flexibility index (Phi) is 4.15. The molecule has 1 nitrogen and oxygen atoms in total. The number of halogens is 1. The fourth-order valence-electron chi connectivity index (χ4n) is 1.54. The lowest BCUT2D eigenvalue weighted by Gasteiger charge is -2.05. The fourth-order valence-corrected chi connectivity index (χ4v) is 1.63. The largest absolute Gasteiger partial charge is 0.298 e. The summed E-state index contributed by atoms with van der Waals surface area (Å²) in [7, 11) is 0. The van der Waals surface area contributed by atoms with Crippen molar-refractivity contribution in [3.05, 3.63) is 34.9 Å². The van der Waals surface area contributed by atoms with E-state index < -0.39 is 0 Å². The molecule has 0 heterocycles. The maximum atomic E-state index is 11.1. The van der Waals surface area contributed by atoms with E-state index in [4.69, 9.17) is 11.6 Å². The van der Waals surface area contributed by atoms with Gasteiger partial charge in [0.15, 0.2) is 5.78 Å². The van der Waals surface area contributed by atoms with Crippen LogP contribution in [0.5, 0.6) is 0 Å². The zero-order valence-corrected chi connectivity index (χ0v) is 9.40. The van der Waals surface area contributed by atoms with E-state index in [-0.39, 0.29) is 11.7 Å². The number of aryl methyl sites for hydroxylation is 2. The van der Waals surface area contributed by atoms with Crippen molar-refractivity contribution < 1.29 is 4.79 Å². The number of carbonyl (C=O) groups is 1. The Bertz CT molecular complexity index is 331. The first-order valence-corrected chi connectivity index (χ1v) is 5.37. The van der Waals surface area contributed by atoms with Crippen molar-refractivity contribution >= 4 is 17.4 Å². The molecule has 0 amide bonds. The Morgan fingerprint density at radius 3 is 2.64 bits per heavy atom. The fraction of sp³-hybridized carbons (Fsp3) is 0.417. The van der Waals surface area contributed by atoms with Crippen molar-refractivity contribution in [2.45, 2.75) is 26.7 Å². The second-order valence-corrected chi connectivity index (χ2v) is 3.73. The number of rotatable bonds is 4. The van der Waals surface area contributed by atoms with Crippen LogP contribution in [0.25, 0.3) is 0 Å². The van der Waals surface area contributed by atoms with Crippen LogP contribution in [0.2, 0.25) is 0 Å². The third-order valence-electron chi connectivity index (χ3n) is 2.34. The van der Waals surface area contributed by atoms with Gasteiger partial charge in [-0.05, 0) is 30.0 Å². The molecule has 14 heavy (non-hydrogen) atoms. The van der Waals surface area contributed by atoms with Crippen LogP contribution in [-0.2, 0) is 17.6 Å². The lowest BCUT2D eigenvalue weighted by atomic mass is 10.0. The highest BCUT2D eigenvalue weighted by molar-refractivity contribution is 6.27. The lowest BCUT2D eigenvalue weighted by molar-refractivity contribution is -0.116. The first-order valence-electron chi connectivity index (χ1n) is 4.83. The predicted molar refractivity (Wildman–Crippen MR) is 60.0 cm³/mol. The highest BCUT2D eigenvalue weighted by atomic mass is 35.5. The van der Waals surface area contributed by atoms with Gasteiger partial charge in [-0.15, -0.1) is 11.6 Å². The molecule has 0 aromatic heterocycles. The van der Waals surface area contributed by atoms with Crippen LogP contribution in [0.4, 0.5) is 0 Å². The molecule has 0 atom stereocenters. The van der Waals surface area contributed by atoms with Crippen molar-refractivity contribution in [1.82, 2.24) is 0 Å². The van der Waals surface area contributed by atoms with Crippen molar-refractivity contribution in [2.75, 3.05) is 5.88 Å². The normalized spacial score (nSPS) is 10.2. The van der Waals surface area contributed by atoms with E-state index in [1.54, 1.807) is 0 Å². The third-order valence-corrected chi connectivity index (χ3v) is 2.64. The molecule has 0 saturated carbocycles. The summed E-state index contributed by atoms with van der Waals surface area (Å²) in [6, 6.07) is 6.17. The van der Waals surface area contributed by atoms with Gasteiger partial charge < -0.3 is 0 Å². The minimum absolute atomic E-state index is 0.0790. The average Bonchev–Trinajstić information content (AvgIpc) is 2.18. The van der Waals surface area contributed by atoms with Gasteiger partial charge in [-0.2, -0.15) is 0 Å². The first kappa shape index (κ1) is 11.3. The number of ketones is 1. The van der Waals surface area contributed by atoms with Gasteiger partial charge >= 0.3 is 0 Å². The summed E-state index contributed by atoms with van der Waals surface area (Å²) in [6.45, 7) is 4.21. The van der Waals surface area contributed by atoms with E-state index in [1.165, 1.54) is 11.1 Å². The Labute approximate surface area is 90.1 Å². The molecule has 0 radical (unpaired) electrons. The maximum absolute atomic E-state index is 11.1. The van der Waals surface area contributed by atoms with Crippen LogP contribution in [-0.4, -0.2) is 11.7 Å². The highest BCUT2D eigenvalue weighted by Crippen LogP contribution is 2.12. The quantitative estimate of drug-likeness (QED) is 0.699. The van der Waals surface area contributed by atoms with Crippen molar-refractivity contribution in [3.63, 3.8) is 0 Å². The van der Waals surface area contributed by atoms with E-state index in [2.05, 4.69) is 26.0 Å². The molecule has 0 N–H and O–H groups in total. The van der Waals surface area contributed by atoms with E-state index >= 15 is 0 Å². The number of alkyl halides is 1. The molecule has 0 spiro atoms. The molecule has 1 aromatic rings. The Hall–Kier alpha value is -0.820. The summed E-state index contributed by atoms with van der Waals surface area (Å²) in [4.78, 5) is 11.1. The zero-order chi connectivity index (χ0) is 10.6. The average molecular weight is 211 g/mol. The molecule has 0 saturated heterocycles. The molecular formula is C12H15ClO. The van der Waals surface area contributed by atoms with Gasteiger partial charge in [0.25, 0.3) is 0 Å². The molecular weight excluding hydrogens is 196 g/mol. The maximum Gasteiger partial charge on any atom is 0.151 e. The topological polar surface area (TPSA) is 17.1 Å². The van der Waals surface area contributed by atoms with E-state index in [0.717, 1.165) is 12.0 Å². The molecule has 0 aliphatic heterocycles. The monoisotopic (exact) mass is 210 g/mol. The number of benzene rings is 1. The minimum atomic E-state index is 0.0790. The number of hydrogen-bond donors (Lipinski definition) is 0. The van der Waals surface area contributed by atoms with E-state index in [9.17, 15) is 4.79 Å². The van der Waals surface area contributed by atoms with Gasteiger partial charge in [0.05, 0.1) is 5.88 Å². The summed E-state index contributed by atoms with van der Waals surface area (Å²) in [5, 5.41) is 0. The molecule has 0 aliphatic rings. The molecule has 0 aliphatic carbocycles. The number of hydrogen-bond acceptors (Lipinski definition) is 1. The van der Waals surface area contributed by atoms with E-state index in [0.29, 0.717) is 6.42 Å². The van der Waals surface area contributed by atoms with Gasteiger partial charge in [0.1, 0.15) is 0 Å². The Morgan fingerprint density at radius 1 is 1.43 bits per heavy atom. The summed E-state index contributed by atoms with van der Waals surface area (Å²) < 4.78 is 0. The first-order chi connectivity index (χ1) is 6.67. The van der Waals surface area contributed by atoms with Crippen LogP contribution in [0.1, 0.15) is 23.6 Å². The number of carbonyl (C=O) groups excluding carboxylic acids is 1. The number of Topliss-reactive ketones (excluding diaryl/α,β-unsaturated/α-hetero) is 1. The predicted octanol–water partition coefficient (Wildman–Crippen LogP) is 2.91. The highest BCUT2D eigenvalue weighted by Gasteiger charge is 2.03. The van der Waals surface area contributed by atoms with Gasteiger partial charge in [0.2, 0.25) is 0 Å². The van der Waals surface area contributed by atoms with Gasteiger partial charge in [-0.1, -0.05) is 25.1 Å². The lowest BCUT2D eigenvalue weighted by Crippen LogP contribution is -2.04. The zero-order valence-electron chi connectivity index (χ0n) is 8.64. The third kappa shape index (κ3) is 2.85. The van der Waals surface area contributed by atoms with Crippen molar-refractivity contribution in [3.8, 4) is 0 Å². The summed E-state index contributed by atoms with van der Waals surface area (Å²) in [5.41, 5.74) is 3.66. The molecule has 0 unspecified atom stereocenters. The molecule has 76 valence electrons. The van der Waals surface area contributed by atoms with Crippen LogP contribution in [0, 0.1) is 6.92 Å². The summed E-state index contributed by atoms with van der Waals surface area (Å²) in [6.07, 6.45) is 1.49. The minimum Gasteiger partial charge on any atom is -0.298 e. The Balaban J connectivity index is 2.81. The smallest absolute Gasteiger partial charge is 0.151 e. The molecule has 1 rings (SSSR count). The summed E-state index contributed by atoms with van der Waals surface area (Å²) >= 11 is 5.45. The SMILES string of the molecule is CCc1ccc(CC(=O)CCl)cc1C. The summed E-state index contributed by atoms with van der Waals surface area (Å²) in [5.74, 6) is 0.185.